The zero-order chi connectivity index (χ0) is 17.2. The summed E-state index contributed by atoms with van der Waals surface area (Å²) in [6.07, 6.45) is 15.6. The Hall–Kier alpha value is -1.38. The van der Waals surface area contributed by atoms with Gasteiger partial charge in [-0.25, -0.2) is 4.98 Å². The SMILES string of the molecule is C[C@]12CC[C@H]3[C@@H](CCC4=CC(=O)CC[C@@]43C)[C@@H]1CC[C@@H]2c1c[nH]cn1. The summed E-state index contributed by atoms with van der Waals surface area (Å²) in [5.41, 5.74) is 3.48. The number of nitrogens with one attached hydrogen (secondary N) is 1. The van der Waals surface area contributed by atoms with Crippen molar-refractivity contribution in [1.82, 2.24) is 9.97 Å². The number of carbonyl (C=O) groups is 1. The third kappa shape index (κ3) is 2.10. The number of hydrogen-bond donors (Lipinski definition) is 1. The Labute approximate surface area is 150 Å². The number of hydrogen-bond acceptors (Lipinski definition) is 2. The van der Waals surface area contributed by atoms with Crippen LogP contribution in [0.4, 0.5) is 0 Å². The van der Waals surface area contributed by atoms with Gasteiger partial charge in [0, 0.05) is 18.5 Å². The van der Waals surface area contributed by atoms with Crippen molar-refractivity contribution >= 4 is 5.78 Å². The lowest BCUT2D eigenvalue weighted by Crippen LogP contribution is -2.50. The smallest absolute Gasteiger partial charge is 0.155 e. The zero-order valence-corrected chi connectivity index (χ0v) is 15.6. The fourth-order valence-corrected chi connectivity index (χ4v) is 7.51. The van der Waals surface area contributed by atoms with Gasteiger partial charge in [-0.15, -0.1) is 0 Å². The normalized spacial score (nSPS) is 46.2. The first-order valence-corrected chi connectivity index (χ1v) is 10.2. The van der Waals surface area contributed by atoms with Gasteiger partial charge in [0.1, 0.15) is 0 Å². The molecule has 3 saturated carbocycles. The largest absolute Gasteiger partial charge is 0.351 e. The number of imidazole rings is 1. The predicted octanol–water partition coefficient (Wildman–Crippen LogP) is 5.03. The minimum Gasteiger partial charge on any atom is -0.351 e. The van der Waals surface area contributed by atoms with Crippen LogP contribution in [0, 0.1) is 28.6 Å². The molecule has 0 radical (unpaired) electrons. The minimum atomic E-state index is 0.294. The van der Waals surface area contributed by atoms with Gasteiger partial charge < -0.3 is 4.98 Å². The highest BCUT2D eigenvalue weighted by molar-refractivity contribution is 5.91. The molecule has 1 N–H and O–H groups in total. The van der Waals surface area contributed by atoms with Crippen LogP contribution >= 0.6 is 0 Å². The van der Waals surface area contributed by atoms with E-state index in [4.69, 9.17) is 0 Å². The van der Waals surface area contributed by atoms with Crippen molar-refractivity contribution in [1.29, 1.82) is 0 Å². The number of rotatable bonds is 1. The Bertz CT molecular complexity index is 720. The molecule has 6 atom stereocenters. The van der Waals surface area contributed by atoms with Crippen molar-refractivity contribution in [2.75, 3.05) is 0 Å². The molecule has 1 aromatic heterocycles. The second-order valence-corrected chi connectivity index (χ2v) is 9.64. The molecule has 4 aliphatic rings. The summed E-state index contributed by atoms with van der Waals surface area (Å²) in [7, 11) is 0. The fourth-order valence-electron chi connectivity index (χ4n) is 7.51. The van der Waals surface area contributed by atoms with Gasteiger partial charge in [-0.2, -0.15) is 0 Å². The standard InChI is InChI=1S/C22H30N2O/c1-21-9-7-15(25)11-14(21)3-4-16-17-5-6-19(20-12-23-13-24-20)22(17,2)10-8-18(16)21/h11-13,16-19H,3-10H2,1-2H3,(H,23,24)/t16-,17-,18-,19+,21-,22-/m0/s1. The van der Waals surface area contributed by atoms with Crippen LogP contribution in [0.1, 0.15) is 76.8 Å². The van der Waals surface area contributed by atoms with E-state index in [9.17, 15) is 4.79 Å². The molecule has 5 rings (SSSR count). The van der Waals surface area contributed by atoms with Crippen LogP contribution in [0.3, 0.4) is 0 Å². The molecule has 0 spiro atoms. The molecular formula is C22H30N2O. The molecule has 4 aliphatic carbocycles. The van der Waals surface area contributed by atoms with E-state index in [-0.39, 0.29) is 0 Å². The topological polar surface area (TPSA) is 45.8 Å². The molecular weight excluding hydrogens is 308 g/mol. The second-order valence-electron chi connectivity index (χ2n) is 9.64. The van der Waals surface area contributed by atoms with E-state index in [1.54, 1.807) is 0 Å². The maximum Gasteiger partial charge on any atom is 0.155 e. The average Bonchev–Trinajstić information content (AvgIpc) is 3.22. The molecule has 3 fully saturated rings. The highest BCUT2D eigenvalue weighted by Gasteiger charge is 2.59. The monoisotopic (exact) mass is 338 g/mol. The third-order valence-electron chi connectivity index (χ3n) is 8.84. The summed E-state index contributed by atoms with van der Waals surface area (Å²) in [6, 6.07) is 0. The first-order valence-electron chi connectivity index (χ1n) is 10.2. The van der Waals surface area contributed by atoms with Crippen LogP contribution in [0.5, 0.6) is 0 Å². The van der Waals surface area contributed by atoms with Crippen LogP contribution in [0.25, 0.3) is 0 Å². The van der Waals surface area contributed by atoms with Gasteiger partial charge >= 0.3 is 0 Å². The van der Waals surface area contributed by atoms with Gasteiger partial charge in [-0.1, -0.05) is 19.4 Å². The molecule has 3 heteroatoms. The van der Waals surface area contributed by atoms with Crippen LogP contribution in [0.2, 0.25) is 0 Å². The number of allylic oxidation sites excluding steroid dienone is 1. The molecule has 1 aromatic rings. The number of H-pyrrole nitrogens is 1. The number of aromatic nitrogens is 2. The van der Waals surface area contributed by atoms with E-state index in [0.29, 0.717) is 22.5 Å². The van der Waals surface area contributed by atoms with Crippen molar-refractivity contribution < 1.29 is 4.79 Å². The van der Waals surface area contributed by atoms with Crippen LogP contribution in [-0.4, -0.2) is 15.8 Å². The van der Waals surface area contributed by atoms with Crippen molar-refractivity contribution in [3.63, 3.8) is 0 Å². The maximum atomic E-state index is 11.9. The maximum absolute atomic E-state index is 11.9. The summed E-state index contributed by atoms with van der Waals surface area (Å²) < 4.78 is 0. The molecule has 0 aromatic carbocycles. The number of nitrogens with zero attached hydrogens (tertiary/aromatic N) is 1. The minimum absolute atomic E-state index is 0.294. The summed E-state index contributed by atoms with van der Waals surface area (Å²) in [5.74, 6) is 3.46. The molecule has 25 heavy (non-hydrogen) atoms. The molecule has 3 nitrogen and oxygen atoms in total. The Balaban J connectivity index is 1.48. The highest BCUT2D eigenvalue weighted by Crippen LogP contribution is 2.68. The Kier molecular flexibility index (Phi) is 3.37. The number of carbonyl (C=O) groups excluding carboxylic acids is 1. The van der Waals surface area contributed by atoms with Gasteiger partial charge in [0.05, 0.1) is 12.0 Å². The second kappa shape index (κ2) is 5.31. The van der Waals surface area contributed by atoms with E-state index in [2.05, 4.69) is 30.0 Å². The molecule has 134 valence electrons. The quantitative estimate of drug-likeness (QED) is 0.781. The summed E-state index contributed by atoms with van der Waals surface area (Å²) in [6.45, 7) is 5.03. The highest BCUT2D eigenvalue weighted by atomic mass is 16.1. The van der Waals surface area contributed by atoms with E-state index < -0.39 is 0 Å². The van der Waals surface area contributed by atoms with Crippen molar-refractivity contribution in [3.8, 4) is 0 Å². The number of aromatic amines is 1. The summed E-state index contributed by atoms with van der Waals surface area (Å²) in [5, 5.41) is 0. The molecule has 0 saturated heterocycles. The lowest BCUT2D eigenvalue weighted by atomic mass is 9.47. The number of fused-ring (bicyclic) bond motifs is 5. The van der Waals surface area contributed by atoms with Gasteiger partial charge in [0.25, 0.3) is 0 Å². The van der Waals surface area contributed by atoms with Gasteiger partial charge in [-0.05, 0) is 79.6 Å². The van der Waals surface area contributed by atoms with Crippen molar-refractivity contribution in [3.05, 3.63) is 29.9 Å². The van der Waals surface area contributed by atoms with Crippen LogP contribution in [0.15, 0.2) is 24.2 Å². The molecule has 0 unspecified atom stereocenters. The van der Waals surface area contributed by atoms with Crippen LogP contribution in [-0.2, 0) is 4.79 Å². The van der Waals surface area contributed by atoms with Crippen molar-refractivity contribution in [2.24, 2.45) is 28.6 Å². The Morgan fingerprint density at radius 3 is 2.76 bits per heavy atom. The molecule has 0 aliphatic heterocycles. The summed E-state index contributed by atoms with van der Waals surface area (Å²) in [4.78, 5) is 19.7. The lowest BCUT2D eigenvalue weighted by molar-refractivity contribution is -0.117. The number of ketones is 1. The van der Waals surface area contributed by atoms with E-state index >= 15 is 0 Å². The van der Waals surface area contributed by atoms with E-state index in [0.717, 1.165) is 37.0 Å². The summed E-state index contributed by atoms with van der Waals surface area (Å²) >= 11 is 0. The first-order chi connectivity index (χ1) is 12.0. The van der Waals surface area contributed by atoms with Crippen molar-refractivity contribution in [2.45, 2.75) is 71.1 Å². The Morgan fingerprint density at radius 2 is 1.96 bits per heavy atom. The van der Waals surface area contributed by atoms with E-state index in [1.807, 2.05) is 12.4 Å². The van der Waals surface area contributed by atoms with Crippen LogP contribution < -0.4 is 0 Å². The lowest BCUT2D eigenvalue weighted by Gasteiger charge is -2.58. The van der Waals surface area contributed by atoms with E-state index in [1.165, 1.54) is 43.4 Å². The predicted molar refractivity (Wildman–Crippen MR) is 98.0 cm³/mol. The molecule has 1 heterocycles. The zero-order valence-electron chi connectivity index (χ0n) is 15.6. The first kappa shape index (κ1) is 15.8. The fraction of sp³-hybridized carbons (Fsp3) is 0.727. The molecule has 0 bridgehead atoms. The molecule has 0 amide bonds. The third-order valence-corrected chi connectivity index (χ3v) is 8.84. The average molecular weight is 338 g/mol. The van der Waals surface area contributed by atoms with Gasteiger partial charge in [0.2, 0.25) is 0 Å². The van der Waals surface area contributed by atoms with Gasteiger partial charge in [0.15, 0.2) is 5.78 Å². The Morgan fingerprint density at radius 1 is 1.08 bits per heavy atom. The van der Waals surface area contributed by atoms with Gasteiger partial charge in [-0.3, -0.25) is 4.79 Å².